The van der Waals surface area contributed by atoms with E-state index in [2.05, 4.69) is 10.6 Å². The second-order valence-electron chi connectivity index (χ2n) is 7.57. The first-order valence-corrected chi connectivity index (χ1v) is 10.1. The summed E-state index contributed by atoms with van der Waals surface area (Å²) >= 11 is 0. The Kier molecular flexibility index (Phi) is 6.82. The lowest BCUT2D eigenvalue weighted by Gasteiger charge is -2.32. The Balaban J connectivity index is 1.75. The summed E-state index contributed by atoms with van der Waals surface area (Å²) in [6.07, 6.45) is 1.72. The number of amides is 2. The molecule has 2 N–H and O–H groups in total. The molecule has 3 rings (SSSR count). The summed E-state index contributed by atoms with van der Waals surface area (Å²) in [4.78, 5) is 27.3. The molecule has 160 valence electrons. The van der Waals surface area contributed by atoms with E-state index in [1.165, 1.54) is 0 Å². The molecule has 0 spiro atoms. The van der Waals surface area contributed by atoms with Crippen LogP contribution in [0.3, 0.4) is 0 Å². The largest absolute Gasteiger partial charge is 0.493 e. The fourth-order valence-electron chi connectivity index (χ4n) is 3.71. The highest BCUT2D eigenvalue weighted by molar-refractivity contribution is 5.98. The maximum atomic E-state index is 12.7. The third kappa shape index (κ3) is 4.84. The van der Waals surface area contributed by atoms with Crippen LogP contribution < -0.4 is 25.0 Å². The van der Waals surface area contributed by atoms with Gasteiger partial charge in [0.1, 0.15) is 0 Å². The number of methoxy groups -OCH3 is 2. The van der Waals surface area contributed by atoms with Crippen molar-refractivity contribution in [2.24, 2.45) is 0 Å². The van der Waals surface area contributed by atoms with Crippen LogP contribution in [0.5, 0.6) is 11.5 Å². The van der Waals surface area contributed by atoms with Crippen LogP contribution in [0.2, 0.25) is 0 Å². The minimum Gasteiger partial charge on any atom is -0.493 e. The molecular weight excluding hydrogens is 382 g/mol. The summed E-state index contributed by atoms with van der Waals surface area (Å²) in [6, 6.07) is 11.0. The Labute approximate surface area is 177 Å². The van der Waals surface area contributed by atoms with Gasteiger partial charge >= 0.3 is 0 Å². The normalized spacial score (nSPS) is 12.9. The predicted molar refractivity (Wildman–Crippen MR) is 118 cm³/mol. The molecule has 7 nitrogen and oxygen atoms in total. The zero-order valence-electron chi connectivity index (χ0n) is 18.0. The van der Waals surface area contributed by atoms with Gasteiger partial charge in [-0.3, -0.25) is 9.59 Å². The van der Waals surface area contributed by atoms with E-state index < -0.39 is 0 Å². The van der Waals surface area contributed by atoms with Gasteiger partial charge in [0.2, 0.25) is 5.91 Å². The standard InChI is InChI=1S/C23H29N3O4/c1-15(2)24-23(28)18-7-5-9-19-17(18)8-6-12-26(19)14-22(27)25-16-10-11-20(29-3)21(13-16)30-4/h5,7,9-11,13,15H,6,8,12,14H2,1-4H3,(H,24,28)(H,25,27). The number of carbonyl (C=O) groups excluding carboxylic acids is 2. The third-order valence-corrected chi connectivity index (χ3v) is 5.01. The van der Waals surface area contributed by atoms with Crippen LogP contribution >= 0.6 is 0 Å². The lowest BCUT2D eigenvalue weighted by molar-refractivity contribution is -0.115. The first kappa shape index (κ1) is 21.5. The molecule has 0 radical (unpaired) electrons. The van der Waals surface area contributed by atoms with Gasteiger partial charge < -0.3 is 25.0 Å². The van der Waals surface area contributed by atoms with E-state index in [1.54, 1.807) is 32.4 Å². The number of nitrogens with one attached hydrogen (secondary N) is 2. The van der Waals surface area contributed by atoms with Crippen LogP contribution in [-0.2, 0) is 11.2 Å². The summed E-state index contributed by atoms with van der Waals surface area (Å²) in [5, 5.41) is 5.87. The fourth-order valence-corrected chi connectivity index (χ4v) is 3.71. The van der Waals surface area contributed by atoms with Gasteiger partial charge in [0.05, 0.1) is 20.8 Å². The topological polar surface area (TPSA) is 79.9 Å². The van der Waals surface area contributed by atoms with Crippen LogP contribution in [0, 0.1) is 0 Å². The Morgan fingerprint density at radius 2 is 1.87 bits per heavy atom. The summed E-state index contributed by atoms with van der Waals surface area (Å²) in [5.74, 6) is 0.956. The Bertz CT molecular complexity index is 927. The van der Waals surface area contributed by atoms with Crippen LogP contribution in [0.15, 0.2) is 36.4 Å². The lowest BCUT2D eigenvalue weighted by atomic mass is 9.95. The molecule has 7 heteroatoms. The van der Waals surface area contributed by atoms with Crippen molar-refractivity contribution in [2.45, 2.75) is 32.7 Å². The first-order valence-electron chi connectivity index (χ1n) is 10.1. The fraction of sp³-hybridized carbons (Fsp3) is 0.391. The molecule has 0 bridgehead atoms. The van der Waals surface area contributed by atoms with Crippen LogP contribution in [-0.4, -0.2) is 45.2 Å². The average molecular weight is 412 g/mol. The van der Waals surface area contributed by atoms with E-state index in [4.69, 9.17) is 9.47 Å². The van der Waals surface area contributed by atoms with E-state index in [0.29, 0.717) is 22.7 Å². The highest BCUT2D eigenvalue weighted by Gasteiger charge is 2.24. The van der Waals surface area contributed by atoms with Gasteiger partial charge in [-0.15, -0.1) is 0 Å². The van der Waals surface area contributed by atoms with Gasteiger partial charge in [0.25, 0.3) is 5.91 Å². The van der Waals surface area contributed by atoms with Crippen LogP contribution in [0.1, 0.15) is 36.2 Å². The first-order chi connectivity index (χ1) is 14.4. The van der Waals surface area contributed by atoms with E-state index >= 15 is 0 Å². The van der Waals surface area contributed by atoms with Crippen molar-refractivity contribution in [3.8, 4) is 11.5 Å². The van der Waals surface area contributed by atoms with Crippen molar-refractivity contribution in [1.29, 1.82) is 0 Å². The molecule has 0 aromatic heterocycles. The predicted octanol–water partition coefficient (Wildman–Crippen LogP) is 3.23. The van der Waals surface area contributed by atoms with Gasteiger partial charge in [-0.25, -0.2) is 0 Å². The number of anilines is 2. The maximum absolute atomic E-state index is 12.7. The average Bonchev–Trinajstić information content (AvgIpc) is 2.72. The number of ether oxygens (including phenoxy) is 2. The van der Waals surface area contributed by atoms with Crippen molar-refractivity contribution in [1.82, 2.24) is 5.32 Å². The van der Waals surface area contributed by atoms with Crippen molar-refractivity contribution in [2.75, 3.05) is 37.5 Å². The second-order valence-corrected chi connectivity index (χ2v) is 7.57. The van der Waals surface area contributed by atoms with Gasteiger partial charge in [-0.2, -0.15) is 0 Å². The molecule has 30 heavy (non-hydrogen) atoms. The summed E-state index contributed by atoms with van der Waals surface area (Å²) < 4.78 is 10.5. The molecule has 0 aliphatic carbocycles. The number of rotatable bonds is 7. The third-order valence-electron chi connectivity index (χ3n) is 5.01. The number of fused-ring (bicyclic) bond motifs is 1. The summed E-state index contributed by atoms with van der Waals surface area (Å²) in [5.41, 5.74) is 3.27. The molecule has 1 aliphatic rings. The number of carbonyl (C=O) groups is 2. The van der Waals surface area contributed by atoms with Crippen molar-refractivity contribution >= 4 is 23.2 Å². The number of benzene rings is 2. The van der Waals surface area contributed by atoms with Gasteiger partial charge in [0.15, 0.2) is 11.5 Å². The smallest absolute Gasteiger partial charge is 0.251 e. The molecule has 2 aromatic rings. The van der Waals surface area contributed by atoms with Crippen LogP contribution in [0.4, 0.5) is 11.4 Å². The Hall–Kier alpha value is -3.22. The number of hydrogen-bond acceptors (Lipinski definition) is 5. The van der Waals surface area contributed by atoms with E-state index in [-0.39, 0.29) is 24.4 Å². The number of nitrogens with zero attached hydrogens (tertiary/aromatic N) is 1. The zero-order valence-corrected chi connectivity index (χ0v) is 18.0. The minimum absolute atomic E-state index is 0.0697. The van der Waals surface area contributed by atoms with Gasteiger partial charge in [-0.05, 0) is 56.5 Å². The minimum atomic E-state index is -0.132. The highest BCUT2D eigenvalue weighted by atomic mass is 16.5. The molecule has 2 aromatic carbocycles. The van der Waals surface area contributed by atoms with Crippen molar-refractivity contribution in [3.05, 3.63) is 47.5 Å². The monoisotopic (exact) mass is 411 g/mol. The van der Waals surface area contributed by atoms with Crippen molar-refractivity contribution in [3.63, 3.8) is 0 Å². The molecule has 0 atom stereocenters. The Morgan fingerprint density at radius 3 is 2.57 bits per heavy atom. The van der Waals surface area contributed by atoms with Crippen LogP contribution in [0.25, 0.3) is 0 Å². The van der Waals surface area contributed by atoms with Crippen molar-refractivity contribution < 1.29 is 19.1 Å². The highest BCUT2D eigenvalue weighted by Crippen LogP contribution is 2.31. The quantitative estimate of drug-likeness (QED) is 0.731. The molecule has 0 fully saturated rings. The number of hydrogen-bond donors (Lipinski definition) is 2. The zero-order chi connectivity index (χ0) is 21.7. The molecule has 1 aliphatic heterocycles. The lowest BCUT2D eigenvalue weighted by Crippen LogP contribution is -2.38. The second kappa shape index (κ2) is 9.52. The summed E-state index contributed by atoms with van der Waals surface area (Å²) in [7, 11) is 3.13. The molecule has 0 saturated carbocycles. The molecule has 1 heterocycles. The molecule has 0 saturated heterocycles. The SMILES string of the molecule is COc1ccc(NC(=O)CN2CCCc3c(C(=O)NC(C)C)cccc32)cc1OC. The maximum Gasteiger partial charge on any atom is 0.251 e. The molecular formula is C23H29N3O4. The van der Waals surface area contributed by atoms with Gasteiger partial charge in [-0.1, -0.05) is 6.07 Å². The van der Waals surface area contributed by atoms with E-state index in [9.17, 15) is 9.59 Å². The van der Waals surface area contributed by atoms with E-state index in [1.807, 2.05) is 36.9 Å². The van der Waals surface area contributed by atoms with Gasteiger partial charge in [0, 0.05) is 35.6 Å². The Morgan fingerprint density at radius 1 is 1.10 bits per heavy atom. The molecule has 0 unspecified atom stereocenters. The summed E-state index contributed by atoms with van der Waals surface area (Å²) in [6.45, 7) is 4.86. The molecule has 2 amide bonds. The van der Waals surface area contributed by atoms with E-state index in [0.717, 1.165) is 30.6 Å².